The molecule has 0 radical (unpaired) electrons. The normalized spacial score (nSPS) is 11.6. The van der Waals surface area contributed by atoms with Gasteiger partial charge in [-0.2, -0.15) is 18.3 Å². The van der Waals surface area contributed by atoms with Crippen LogP contribution in [0.15, 0.2) is 23.0 Å². The third-order valence-electron chi connectivity index (χ3n) is 2.91. The predicted octanol–water partition coefficient (Wildman–Crippen LogP) is 3.64. The van der Waals surface area contributed by atoms with Crippen LogP contribution >= 0.6 is 23.2 Å². The Morgan fingerprint density at radius 2 is 1.87 bits per heavy atom. The van der Waals surface area contributed by atoms with Gasteiger partial charge in [0.2, 0.25) is 5.43 Å². The highest BCUT2D eigenvalue weighted by Crippen LogP contribution is 2.30. The van der Waals surface area contributed by atoms with Crippen molar-refractivity contribution in [2.45, 2.75) is 6.18 Å². The molecule has 10 heteroatoms. The lowest BCUT2D eigenvalue weighted by atomic mass is 10.1. The zero-order chi connectivity index (χ0) is 17.5. The Kier molecular flexibility index (Phi) is 4.50. The number of hydrogen-bond acceptors (Lipinski definition) is 3. The van der Waals surface area contributed by atoms with E-state index in [1.165, 1.54) is 0 Å². The van der Waals surface area contributed by atoms with E-state index in [2.05, 4.69) is 5.10 Å². The zero-order valence-corrected chi connectivity index (χ0v) is 12.7. The van der Waals surface area contributed by atoms with E-state index < -0.39 is 39.6 Å². The summed E-state index contributed by atoms with van der Waals surface area (Å²) >= 11 is 10.9. The molecule has 2 rings (SSSR count). The van der Waals surface area contributed by atoms with Gasteiger partial charge in [0.25, 0.3) is 5.24 Å². The molecule has 0 aliphatic rings. The first-order valence-corrected chi connectivity index (χ1v) is 6.62. The molecule has 4 nitrogen and oxygen atoms in total. The van der Waals surface area contributed by atoms with Crippen LogP contribution in [-0.2, 0) is 13.2 Å². The Labute approximate surface area is 136 Å². The van der Waals surface area contributed by atoms with Gasteiger partial charge in [0.15, 0.2) is 0 Å². The third-order valence-corrected chi connectivity index (χ3v) is 3.43. The van der Waals surface area contributed by atoms with Gasteiger partial charge in [0.1, 0.15) is 17.2 Å². The van der Waals surface area contributed by atoms with Crippen LogP contribution in [0.5, 0.6) is 0 Å². The molecular weight excluding hydrogens is 363 g/mol. The number of aryl methyl sites for hydroxylation is 1. The van der Waals surface area contributed by atoms with Gasteiger partial charge in [0.05, 0.1) is 10.6 Å². The molecule has 1 aromatic heterocycles. The molecule has 1 aromatic carbocycles. The van der Waals surface area contributed by atoms with E-state index >= 15 is 0 Å². The van der Waals surface area contributed by atoms with Gasteiger partial charge >= 0.3 is 6.18 Å². The maximum atomic E-state index is 14.0. The Morgan fingerprint density at radius 3 is 2.39 bits per heavy atom. The summed E-state index contributed by atoms with van der Waals surface area (Å²) in [5.74, 6) is -1.03. The standard InChI is InChI=1S/C13H6Cl2F4N2O2/c1-21-10(13(17,18)19)4-9(22)11(20-21)6-2-5(12(15)23)7(14)3-8(6)16/h2-4H,1H3. The number of carbonyl (C=O) groups is 1. The smallest absolute Gasteiger partial charge is 0.287 e. The number of halogens is 6. The number of hydrogen-bond donors (Lipinski definition) is 0. The maximum Gasteiger partial charge on any atom is 0.433 e. The molecule has 0 atom stereocenters. The van der Waals surface area contributed by atoms with E-state index in [1.54, 1.807) is 0 Å². The van der Waals surface area contributed by atoms with Gasteiger partial charge in [-0.3, -0.25) is 14.3 Å². The summed E-state index contributed by atoms with van der Waals surface area (Å²) in [5, 5.41) is 2.14. The van der Waals surface area contributed by atoms with Crippen molar-refractivity contribution in [1.82, 2.24) is 9.78 Å². The van der Waals surface area contributed by atoms with Crippen molar-refractivity contribution in [3.63, 3.8) is 0 Å². The molecule has 0 unspecified atom stereocenters. The van der Waals surface area contributed by atoms with Gasteiger partial charge in [-0.1, -0.05) is 11.6 Å². The van der Waals surface area contributed by atoms with Crippen LogP contribution in [0, 0.1) is 5.82 Å². The Bertz CT molecular complexity index is 862. The quantitative estimate of drug-likeness (QED) is 0.600. The molecule has 122 valence electrons. The van der Waals surface area contributed by atoms with Gasteiger partial charge in [-0.05, 0) is 23.7 Å². The first-order valence-electron chi connectivity index (χ1n) is 5.87. The zero-order valence-electron chi connectivity index (χ0n) is 11.2. The van der Waals surface area contributed by atoms with E-state index in [0.29, 0.717) is 10.7 Å². The number of carbonyl (C=O) groups excluding carboxylic acids is 1. The summed E-state index contributed by atoms with van der Waals surface area (Å²) < 4.78 is 52.5. The Morgan fingerprint density at radius 1 is 1.26 bits per heavy atom. The second-order valence-corrected chi connectivity index (χ2v) is 5.20. The van der Waals surface area contributed by atoms with Crippen LogP contribution in [0.1, 0.15) is 16.1 Å². The second kappa shape index (κ2) is 5.93. The Hall–Kier alpha value is -1.93. The first-order chi connectivity index (χ1) is 10.5. The number of nitrogens with zero attached hydrogens (tertiary/aromatic N) is 2. The fourth-order valence-electron chi connectivity index (χ4n) is 1.87. The molecular formula is C13H6Cl2F4N2O2. The minimum absolute atomic E-state index is 0.290. The van der Waals surface area contributed by atoms with Crippen molar-refractivity contribution in [3.8, 4) is 11.3 Å². The number of rotatable bonds is 2. The summed E-state index contributed by atoms with van der Waals surface area (Å²) in [4.78, 5) is 23.1. The minimum atomic E-state index is -4.80. The number of benzene rings is 1. The molecule has 0 spiro atoms. The van der Waals surface area contributed by atoms with E-state index in [0.717, 1.165) is 19.2 Å². The van der Waals surface area contributed by atoms with Gasteiger partial charge in [-0.25, -0.2) is 4.39 Å². The molecule has 0 aliphatic carbocycles. The van der Waals surface area contributed by atoms with E-state index in [9.17, 15) is 27.2 Å². The van der Waals surface area contributed by atoms with Crippen molar-refractivity contribution in [3.05, 3.63) is 50.5 Å². The third kappa shape index (κ3) is 3.37. The summed E-state index contributed by atoms with van der Waals surface area (Å²) in [6.07, 6.45) is -4.80. The van der Waals surface area contributed by atoms with Gasteiger partial charge < -0.3 is 0 Å². The predicted molar refractivity (Wildman–Crippen MR) is 75.1 cm³/mol. The molecule has 0 saturated heterocycles. The fourth-order valence-corrected chi connectivity index (χ4v) is 2.31. The molecule has 0 aliphatic heterocycles. The summed E-state index contributed by atoms with van der Waals surface area (Å²) in [6.45, 7) is 0. The molecule has 0 bridgehead atoms. The highest BCUT2D eigenvalue weighted by atomic mass is 35.5. The minimum Gasteiger partial charge on any atom is -0.287 e. The van der Waals surface area contributed by atoms with Crippen molar-refractivity contribution in [2.24, 2.45) is 7.05 Å². The fraction of sp³-hybridized carbons (Fsp3) is 0.154. The molecule has 0 saturated carbocycles. The molecule has 0 amide bonds. The molecule has 23 heavy (non-hydrogen) atoms. The van der Waals surface area contributed by atoms with Gasteiger partial charge in [0, 0.05) is 18.7 Å². The van der Waals surface area contributed by atoms with Crippen LogP contribution in [0.25, 0.3) is 11.3 Å². The average molecular weight is 369 g/mol. The number of aromatic nitrogens is 2. The van der Waals surface area contributed by atoms with Gasteiger partial charge in [-0.15, -0.1) is 0 Å². The van der Waals surface area contributed by atoms with Crippen LogP contribution in [-0.4, -0.2) is 15.0 Å². The maximum absolute atomic E-state index is 14.0. The van der Waals surface area contributed by atoms with E-state index in [1.807, 2.05) is 0 Å². The average Bonchev–Trinajstić information content (AvgIpc) is 2.39. The van der Waals surface area contributed by atoms with E-state index in [-0.39, 0.29) is 10.6 Å². The lowest BCUT2D eigenvalue weighted by Crippen LogP contribution is -2.23. The SMILES string of the molecule is Cn1nc(-c2cc(C(=O)Cl)c(Cl)cc2F)c(=O)cc1C(F)(F)F. The molecule has 1 heterocycles. The van der Waals surface area contributed by atoms with Crippen LogP contribution in [0.4, 0.5) is 17.6 Å². The van der Waals surface area contributed by atoms with Crippen molar-refractivity contribution >= 4 is 28.4 Å². The first kappa shape index (κ1) is 17.4. The van der Waals surface area contributed by atoms with E-state index in [4.69, 9.17) is 23.2 Å². The van der Waals surface area contributed by atoms with Crippen LogP contribution in [0.2, 0.25) is 5.02 Å². The second-order valence-electron chi connectivity index (χ2n) is 4.45. The highest BCUT2D eigenvalue weighted by Gasteiger charge is 2.34. The highest BCUT2D eigenvalue weighted by molar-refractivity contribution is 6.68. The Balaban J connectivity index is 2.74. The van der Waals surface area contributed by atoms with Crippen molar-refractivity contribution < 1.29 is 22.4 Å². The molecule has 2 aromatic rings. The largest absolute Gasteiger partial charge is 0.433 e. The monoisotopic (exact) mass is 368 g/mol. The molecule has 0 fully saturated rings. The topological polar surface area (TPSA) is 52.0 Å². The number of alkyl halides is 3. The van der Waals surface area contributed by atoms with Crippen molar-refractivity contribution in [2.75, 3.05) is 0 Å². The lowest BCUT2D eigenvalue weighted by molar-refractivity contribution is -0.144. The van der Waals surface area contributed by atoms with Crippen molar-refractivity contribution in [1.29, 1.82) is 0 Å². The molecule has 0 N–H and O–H groups in total. The summed E-state index contributed by atoms with van der Waals surface area (Å²) in [7, 11) is 0.952. The summed E-state index contributed by atoms with van der Waals surface area (Å²) in [5.41, 5.74) is -3.84. The van der Waals surface area contributed by atoms with Crippen LogP contribution < -0.4 is 5.43 Å². The van der Waals surface area contributed by atoms with Crippen LogP contribution in [0.3, 0.4) is 0 Å². The lowest BCUT2D eigenvalue weighted by Gasteiger charge is -2.13. The summed E-state index contributed by atoms with van der Waals surface area (Å²) in [6, 6.07) is 1.88.